The van der Waals surface area contributed by atoms with Crippen LogP contribution in [-0.4, -0.2) is 25.2 Å². The molecular weight excluding hydrogens is 372 g/mol. The van der Waals surface area contributed by atoms with Crippen LogP contribution in [0.2, 0.25) is 0 Å². The second kappa shape index (κ2) is 9.75. The average Bonchev–Trinajstić information content (AvgIpc) is 3.19. The zero-order valence-corrected chi connectivity index (χ0v) is 16.8. The predicted octanol–water partition coefficient (Wildman–Crippen LogP) is 3.87. The molecule has 0 radical (unpaired) electrons. The summed E-state index contributed by atoms with van der Waals surface area (Å²) in [5.74, 6) is 1.67. The number of aliphatic imine (C=N–C) groups is 1. The minimum absolute atomic E-state index is 0.297. The second-order valence-electron chi connectivity index (χ2n) is 6.11. The molecule has 0 aliphatic rings. The van der Waals surface area contributed by atoms with Gasteiger partial charge in [-0.05, 0) is 24.1 Å². The molecule has 0 bridgehead atoms. The Labute approximate surface area is 169 Å². The molecule has 3 aromatic rings. The highest BCUT2D eigenvalue weighted by Gasteiger charge is 2.07. The van der Waals surface area contributed by atoms with E-state index in [4.69, 9.17) is 15.2 Å². The molecule has 0 unspecified atom stereocenters. The first-order valence-electron chi connectivity index (χ1n) is 8.94. The number of hydrogen-bond donors (Lipinski definition) is 2. The summed E-state index contributed by atoms with van der Waals surface area (Å²) in [4.78, 5) is 9.03. The Morgan fingerprint density at radius 1 is 1.11 bits per heavy atom. The zero-order chi connectivity index (χ0) is 19.8. The number of benzene rings is 2. The van der Waals surface area contributed by atoms with E-state index in [9.17, 15) is 0 Å². The fraction of sp³-hybridized carbons (Fsp3) is 0.238. The van der Waals surface area contributed by atoms with Gasteiger partial charge in [0.05, 0.1) is 37.2 Å². The van der Waals surface area contributed by atoms with Gasteiger partial charge in [-0.1, -0.05) is 30.3 Å². The number of anilines is 1. The molecule has 0 atom stereocenters. The quantitative estimate of drug-likeness (QED) is 0.446. The maximum absolute atomic E-state index is 6.03. The average molecular weight is 397 g/mol. The van der Waals surface area contributed by atoms with Crippen LogP contribution in [0.1, 0.15) is 16.3 Å². The van der Waals surface area contributed by atoms with E-state index in [-0.39, 0.29) is 0 Å². The van der Waals surface area contributed by atoms with Gasteiger partial charge in [0.25, 0.3) is 0 Å². The van der Waals surface area contributed by atoms with Crippen molar-refractivity contribution in [1.82, 2.24) is 4.98 Å². The van der Waals surface area contributed by atoms with Crippen LogP contribution in [-0.2, 0) is 19.4 Å². The largest absolute Gasteiger partial charge is 0.497 e. The van der Waals surface area contributed by atoms with Gasteiger partial charge in [-0.2, -0.15) is 0 Å². The molecule has 2 aromatic carbocycles. The van der Waals surface area contributed by atoms with Crippen molar-refractivity contribution in [3.8, 4) is 11.5 Å². The summed E-state index contributed by atoms with van der Waals surface area (Å²) in [6.07, 6.45) is 1.91. The monoisotopic (exact) mass is 396 g/mol. The van der Waals surface area contributed by atoms with Crippen LogP contribution in [0.4, 0.5) is 5.69 Å². The third kappa shape index (κ3) is 5.47. The minimum Gasteiger partial charge on any atom is -0.497 e. The lowest BCUT2D eigenvalue weighted by molar-refractivity contribution is 0.405. The highest BCUT2D eigenvalue weighted by atomic mass is 32.1. The van der Waals surface area contributed by atoms with E-state index >= 15 is 0 Å². The van der Waals surface area contributed by atoms with Crippen molar-refractivity contribution in [1.29, 1.82) is 0 Å². The minimum atomic E-state index is 0.297. The molecule has 3 rings (SSSR count). The van der Waals surface area contributed by atoms with Crippen LogP contribution >= 0.6 is 11.3 Å². The molecule has 0 spiro atoms. The maximum atomic E-state index is 6.03. The third-order valence-corrected chi connectivity index (χ3v) is 5.11. The zero-order valence-electron chi connectivity index (χ0n) is 16.0. The Hall–Kier alpha value is -3.06. The predicted molar refractivity (Wildman–Crippen MR) is 114 cm³/mol. The lowest BCUT2D eigenvalue weighted by atomic mass is 10.1. The molecule has 146 valence electrons. The Morgan fingerprint density at radius 2 is 1.93 bits per heavy atom. The molecule has 0 saturated heterocycles. The third-order valence-electron chi connectivity index (χ3n) is 4.15. The fourth-order valence-electron chi connectivity index (χ4n) is 2.69. The standard InChI is InChI=1S/C21H24N4O2S/c1-26-17-9-10-19(27-2)18(12-17)25-21(22)23-13-16-14-28-20(24-16)11-8-15-6-4-3-5-7-15/h3-7,9-10,12,14H,8,11,13H2,1-2H3,(H3,22,23,25). The van der Waals surface area contributed by atoms with E-state index in [2.05, 4.69) is 39.6 Å². The van der Waals surface area contributed by atoms with Gasteiger partial charge in [0, 0.05) is 17.9 Å². The molecule has 6 nitrogen and oxygen atoms in total. The second-order valence-corrected chi connectivity index (χ2v) is 7.05. The van der Waals surface area contributed by atoms with Crippen LogP contribution in [0.25, 0.3) is 0 Å². The Kier molecular flexibility index (Phi) is 6.86. The van der Waals surface area contributed by atoms with Gasteiger partial charge < -0.3 is 20.5 Å². The van der Waals surface area contributed by atoms with Crippen molar-refractivity contribution in [3.05, 3.63) is 70.2 Å². The van der Waals surface area contributed by atoms with Crippen LogP contribution in [0.15, 0.2) is 58.9 Å². The summed E-state index contributed by atoms with van der Waals surface area (Å²) in [6, 6.07) is 15.9. The Morgan fingerprint density at radius 3 is 2.68 bits per heavy atom. The van der Waals surface area contributed by atoms with Crippen molar-refractivity contribution in [3.63, 3.8) is 0 Å². The van der Waals surface area contributed by atoms with Crippen LogP contribution in [0.5, 0.6) is 11.5 Å². The number of thiazole rings is 1. The Bertz CT molecular complexity index is 925. The first kappa shape index (κ1) is 19.7. The number of hydrogen-bond acceptors (Lipinski definition) is 5. The van der Waals surface area contributed by atoms with Crippen molar-refractivity contribution < 1.29 is 9.47 Å². The van der Waals surface area contributed by atoms with Gasteiger partial charge in [-0.3, -0.25) is 0 Å². The number of rotatable bonds is 8. The number of nitrogens with one attached hydrogen (secondary N) is 1. The van der Waals surface area contributed by atoms with Gasteiger partial charge in [0.1, 0.15) is 11.5 Å². The summed E-state index contributed by atoms with van der Waals surface area (Å²) >= 11 is 1.66. The molecule has 0 aliphatic carbocycles. The molecule has 7 heteroatoms. The molecule has 0 saturated carbocycles. The van der Waals surface area contributed by atoms with Crippen molar-refractivity contribution in [2.24, 2.45) is 10.7 Å². The lowest BCUT2D eigenvalue weighted by Gasteiger charge is -2.12. The van der Waals surface area contributed by atoms with Gasteiger partial charge in [-0.25, -0.2) is 9.98 Å². The number of ether oxygens (including phenoxy) is 2. The molecular formula is C21H24N4O2S. The summed E-state index contributed by atoms with van der Waals surface area (Å²) in [5.41, 5.74) is 8.96. The van der Waals surface area contributed by atoms with Gasteiger partial charge >= 0.3 is 0 Å². The summed E-state index contributed by atoms with van der Waals surface area (Å²) in [5, 5.41) is 6.20. The summed E-state index contributed by atoms with van der Waals surface area (Å²) in [7, 11) is 3.22. The van der Waals surface area contributed by atoms with Gasteiger partial charge in [0.2, 0.25) is 0 Å². The molecule has 3 N–H and O–H groups in total. The smallest absolute Gasteiger partial charge is 0.193 e. The molecule has 28 heavy (non-hydrogen) atoms. The molecule has 0 fully saturated rings. The first-order chi connectivity index (χ1) is 13.7. The molecule has 1 aromatic heterocycles. The number of nitrogens with zero attached hydrogens (tertiary/aromatic N) is 2. The fourth-order valence-corrected chi connectivity index (χ4v) is 3.48. The SMILES string of the molecule is COc1ccc(OC)c(NC(N)=NCc2csc(CCc3ccccc3)n2)c1. The summed E-state index contributed by atoms with van der Waals surface area (Å²) in [6.45, 7) is 0.424. The van der Waals surface area contributed by atoms with Gasteiger partial charge in [-0.15, -0.1) is 11.3 Å². The van der Waals surface area contributed by atoms with Crippen molar-refractivity contribution >= 4 is 23.0 Å². The number of aromatic nitrogens is 1. The number of methoxy groups -OCH3 is 2. The molecule has 0 aliphatic heterocycles. The number of aryl methyl sites for hydroxylation is 2. The van der Waals surface area contributed by atoms with Crippen LogP contribution in [0.3, 0.4) is 0 Å². The van der Waals surface area contributed by atoms with Crippen molar-refractivity contribution in [2.45, 2.75) is 19.4 Å². The van der Waals surface area contributed by atoms with E-state index in [0.29, 0.717) is 29.7 Å². The highest BCUT2D eigenvalue weighted by molar-refractivity contribution is 7.09. The topological polar surface area (TPSA) is 81.8 Å². The number of guanidine groups is 1. The maximum Gasteiger partial charge on any atom is 0.193 e. The normalized spacial score (nSPS) is 11.3. The van der Waals surface area contributed by atoms with E-state index in [0.717, 1.165) is 23.5 Å². The van der Waals surface area contributed by atoms with E-state index in [1.165, 1.54) is 5.56 Å². The van der Waals surface area contributed by atoms with E-state index in [1.807, 2.05) is 29.6 Å². The molecule has 0 amide bonds. The Balaban J connectivity index is 1.57. The van der Waals surface area contributed by atoms with Crippen LogP contribution < -0.4 is 20.5 Å². The highest BCUT2D eigenvalue weighted by Crippen LogP contribution is 2.28. The number of nitrogens with two attached hydrogens (primary N) is 1. The van der Waals surface area contributed by atoms with E-state index < -0.39 is 0 Å². The van der Waals surface area contributed by atoms with Crippen LogP contribution in [0, 0.1) is 0 Å². The van der Waals surface area contributed by atoms with E-state index in [1.54, 1.807) is 25.6 Å². The first-order valence-corrected chi connectivity index (χ1v) is 9.82. The lowest BCUT2D eigenvalue weighted by Crippen LogP contribution is -2.23. The summed E-state index contributed by atoms with van der Waals surface area (Å²) < 4.78 is 10.6. The molecule has 1 heterocycles. The van der Waals surface area contributed by atoms with Crippen molar-refractivity contribution in [2.75, 3.05) is 19.5 Å². The van der Waals surface area contributed by atoms with Gasteiger partial charge in [0.15, 0.2) is 5.96 Å².